The molecule has 1 amide bonds. The van der Waals surface area contributed by atoms with E-state index < -0.39 is 0 Å². The van der Waals surface area contributed by atoms with Gasteiger partial charge in [-0.15, -0.1) is 0 Å². The van der Waals surface area contributed by atoms with Crippen LogP contribution in [0.4, 0.5) is 0 Å². The van der Waals surface area contributed by atoms with E-state index in [-0.39, 0.29) is 5.91 Å². The van der Waals surface area contributed by atoms with Crippen LogP contribution < -0.4 is 10.6 Å². The summed E-state index contributed by atoms with van der Waals surface area (Å²) in [6.45, 7) is 1.07. The first-order valence-electron chi connectivity index (χ1n) is 7.23. The van der Waals surface area contributed by atoms with Crippen LogP contribution in [-0.2, 0) is 11.3 Å². The molecule has 2 N–H and O–H groups in total. The number of aromatic nitrogens is 1. The largest absolute Gasteiger partial charge is 0.352 e. The van der Waals surface area contributed by atoms with Gasteiger partial charge in [0.1, 0.15) is 0 Å². The van der Waals surface area contributed by atoms with Gasteiger partial charge in [-0.05, 0) is 24.5 Å². The smallest absolute Gasteiger partial charge is 0.234 e. The van der Waals surface area contributed by atoms with Crippen molar-refractivity contribution in [1.82, 2.24) is 15.6 Å². The quantitative estimate of drug-likeness (QED) is 0.797. The summed E-state index contributed by atoms with van der Waals surface area (Å²) in [5.41, 5.74) is 1.10. The summed E-state index contributed by atoms with van der Waals surface area (Å²) in [5.74, 6) is 0.107. The van der Waals surface area contributed by atoms with Gasteiger partial charge in [-0.1, -0.05) is 31.7 Å². The number of carbonyl (C=O) groups excluding carboxylic acids is 1. The van der Waals surface area contributed by atoms with Crippen molar-refractivity contribution in [2.45, 2.75) is 51.1 Å². The predicted octanol–water partition coefficient (Wildman–Crippen LogP) is 2.01. The molecule has 104 valence electrons. The van der Waals surface area contributed by atoms with Gasteiger partial charge in [-0.3, -0.25) is 9.78 Å². The maximum Gasteiger partial charge on any atom is 0.234 e. The Morgan fingerprint density at radius 2 is 2.05 bits per heavy atom. The third kappa shape index (κ3) is 5.39. The minimum atomic E-state index is 0.107. The molecule has 1 saturated carbocycles. The van der Waals surface area contributed by atoms with E-state index in [0.717, 1.165) is 18.4 Å². The summed E-state index contributed by atoms with van der Waals surface area (Å²) >= 11 is 0. The van der Waals surface area contributed by atoms with Gasteiger partial charge in [-0.2, -0.15) is 0 Å². The zero-order valence-corrected chi connectivity index (χ0v) is 11.4. The highest BCUT2D eigenvalue weighted by Crippen LogP contribution is 2.16. The van der Waals surface area contributed by atoms with E-state index in [2.05, 4.69) is 15.6 Å². The van der Waals surface area contributed by atoms with E-state index in [1.807, 2.05) is 18.3 Å². The van der Waals surface area contributed by atoms with Crippen molar-refractivity contribution >= 4 is 5.91 Å². The normalized spacial score (nSPS) is 16.8. The Morgan fingerprint density at radius 3 is 2.74 bits per heavy atom. The average Bonchev–Trinajstić information content (AvgIpc) is 2.68. The molecule has 1 fully saturated rings. The Hall–Kier alpha value is -1.42. The molecule has 4 nitrogen and oxygen atoms in total. The van der Waals surface area contributed by atoms with Gasteiger partial charge in [0.15, 0.2) is 0 Å². The van der Waals surface area contributed by atoms with Crippen molar-refractivity contribution in [2.75, 3.05) is 6.54 Å². The second kappa shape index (κ2) is 7.89. The van der Waals surface area contributed by atoms with Gasteiger partial charge in [0.2, 0.25) is 5.91 Å². The molecule has 0 bridgehead atoms. The van der Waals surface area contributed by atoms with Crippen LogP contribution in [0.5, 0.6) is 0 Å². The first-order chi connectivity index (χ1) is 9.34. The molecule has 0 aliphatic heterocycles. The number of rotatable bonds is 5. The van der Waals surface area contributed by atoms with Crippen LogP contribution in [0, 0.1) is 0 Å². The average molecular weight is 261 g/mol. The van der Waals surface area contributed by atoms with Crippen LogP contribution in [-0.4, -0.2) is 23.5 Å². The molecule has 1 aliphatic carbocycles. The molecule has 1 aromatic heterocycles. The zero-order chi connectivity index (χ0) is 13.3. The van der Waals surface area contributed by atoms with E-state index in [9.17, 15) is 4.79 Å². The summed E-state index contributed by atoms with van der Waals surface area (Å²) in [7, 11) is 0. The third-order valence-corrected chi connectivity index (χ3v) is 3.56. The molecule has 0 atom stereocenters. The van der Waals surface area contributed by atoms with Crippen molar-refractivity contribution < 1.29 is 4.79 Å². The van der Waals surface area contributed by atoms with Gasteiger partial charge in [0.05, 0.1) is 6.54 Å². The molecular formula is C15H23N3O. The molecule has 0 aromatic carbocycles. The highest BCUT2D eigenvalue weighted by atomic mass is 16.1. The Balaban J connectivity index is 1.64. The van der Waals surface area contributed by atoms with Crippen molar-refractivity contribution in [3.8, 4) is 0 Å². The minimum absolute atomic E-state index is 0.107. The molecule has 1 heterocycles. The fourth-order valence-corrected chi connectivity index (χ4v) is 2.53. The van der Waals surface area contributed by atoms with E-state index in [0.29, 0.717) is 19.1 Å². The topological polar surface area (TPSA) is 54.0 Å². The van der Waals surface area contributed by atoms with Crippen LogP contribution >= 0.6 is 0 Å². The van der Waals surface area contributed by atoms with E-state index in [1.165, 1.54) is 25.7 Å². The first kappa shape index (κ1) is 14.0. The van der Waals surface area contributed by atoms with Crippen molar-refractivity contribution in [3.63, 3.8) is 0 Å². The third-order valence-electron chi connectivity index (χ3n) is 3.56. The Labute approximate surface area is 115 Å². The second-order valence-electron chi connectivity index (χ2n) is 5.22. The molecule has 1 aromatic rings. The SMILES string of the molecule is O=C(CNCc1cccnc1)NC1CCCCCC1. The maximum absolute atomic E-state index is 11.8. The Morgan fingerprint density at radius 1 is 1.26 bits per heavy atom. The van der Waals surface area contributed by atoms with Crippen molar-refractivity contribution in [3.05, 3.63) is 30.1 Å². The summed E-state index contributed by atoms with van der Waals surface area (Å²) in [6, 6.07) is 4.29. The van der Waals surface area contributed by atoms with Gasteiger partial charge in [-0.25, -0.2) is 0 Å². The number of pyridine rings is 1. The summed E-state index contributed by atoms with van der Waals surface area (Å²) in [5, 5.41) is 6.28. The molecule has 0 unspecified atom stereocenters. The molecule has 19 heavy (non-hydrogen) atoms. The summed E-state index contributed by atoms with van der Waals surface area (Å²) < 4.78 is 0. The lowest BCUT2D eigenvalue weighted by atomic mass is 10.1. The fourth-order valence-electron chi connectivity index (χ4n) is 2.53. The van der Waals surface area contributed by atoms with E-state index in [1.54, 1.807) is 6.20 Å². The van der Waals surface area contributed by atoms with Crippen LogP contribution in [0.15, 0.2) is 24.5 Å². The number of hydrogen-bond acceptors (Lipinski definition) is 3. The van der Waals surface area contributed by atoms with E-state index >= 15 is 0 Å². The number of nitrogens with one attached hydrogen (secondary N) is 2. The molecule has 2 rings (SSSR count). The number of nitrogens with zero attached hydrogens (tertiary/aromatic N) is 1. The molecule has 1 aliphatic rings. The van der Waals surface area contributed by atoms with Gasteiger partial charge in [0, 0.05) is 25.0 Å². The number of hydrogen-bond donors (Lipinski definition) is 2. The van der Waals surface area contributed by atoms with Crippen LogP contribution in [0.1, 0.15) is 44.1 Å². The van der Waals surface area contributed by atoms with Gasteiger partial charge >= 0.3 is 0 Å². The van der Waals surface area contributed by atoms with Crippen LogP contribution in [0.25, 0.3) is 0 Å². The molecule has 0 spiro atoms. The number of carbonyl (C=O) groups is 1. The standard InChI is InChI=1S/C15H23N3O/c19-15(18-14-7-3-1-2-4-8-14)12-17-11-13-6-5-9-16-10-13/h5-6,9-10,14,17H,1-4,7-8,11-12H2,(H,18,19). The molecule has 4 heteroatoms. The molecule has 0 saturated heterocycles. The summed E-state index contributed by atoms with van der Waals surface area (Å²) in [6.07, 6.45) is 10.9. The summed E-state index contributed by atoms with van der Waals surface area (Å²) in [4.78, 5) is 15.9. The van der Waals surface area contributed by atoms with Crippen molar-refractivity contribution in [2.24, 2.45) is 0 Å². The predicted molar refractivity (Wildman–Crippen MR) is 75.6 cm³/mol. The molecular weight excluding hydrogens is 238 g/mol. The van der Waals surface area contributed by atoms with Crippen LogP contribution in [0.3, 0.4) is 0 Å². The molecule has 0 radical (unpaired) electrons. The monoisotopic (exact) mass is 261 g/mol. The fraction of sp³-hybridized carbons (Fsp3) is 0.600. The maximum atomic E-state index is 11.8. The van der Waals surface area contributed by atoms with Crippen LogP contribution in [0.2, 0.25) is 0 Å². The van der Waals surface area contributed by atoms with Gasteiger partial charge in [0.25, 0.3) is 0 Å². The first-order valence-corrected chi connectivity index (χ1v) is 7.23. The zero-order valence-electron chi connectivity index (χ0n) is 11.4. The highest BCUT2D eigenvalue weighted by Gasteiger charge is 2.14. The second-order valence-corrected chi connectivity index (χ2v) is 5.22. The minimum Gasteiger partial charge on any atom is -0.352 e. The lowest BCUT2D eigenvalue weighted by Crippen LogP contribution is -2.40. The number of amides is 1. The van der Waals surface area contributed by atoms with Gasteiger partial charge < -0.3 is 10.6 Å². The van der Waals surface area contributed by atoms with E-state index in [4.69, 9.17) is 0 Å². The lowest BCUT2D eigenvalue weighted by Gasteiger charge is -2.16. The highest BCUT2D eigenvalue weighted by molar-refractivity contribution is 5.78. The lowest BCUT2D eigenvalue weighted by molar-refractivity contribution is -0.121. The Kier molecular flexibility index (Phi) is 5.82. The Bertz CT molecular complexity index is 372. The van der Waals surface area contributed by atoms with Crippen molar-refractivity contribution in [1.29, 1.82) is 0 Å².